The first-order chi connectivity index (χ1) is 8.30. The maximum Gasteiger partial charge on any atom is 0.310 e. The van der Waals surface area contributed by atoms with Crippen LogP contribution in [-0.4, -0.2) is 22.5 Å². The van der Waals surface area contributed by atoms with E-state index in [0.717, 1.165) is 0 Å². The third kappa shape index (κ3) is 2.14. The van der Waals surface area contributed by atoms with Gasteiger partial charge in [0.15, 0.2) is 5.75 Å². The number of aliphatic carboxylic acids is 1. The number of alkyl halides is 2. The van der Waals surface area contributed by atoms with Crippen molar-refractivity contribution in [2.24, 2.45) is 5.92 Å². The summed E-state index contributed by atoms with van der Waals surface area (Å²) < 4.78 is 3.68. The Morgan fingerprint density at radius 3 is 2.17 bits per heavy atom. The summed E-state index contributed by atoms with van der Waals surface area (Å²) in [6.07, 6.45) is 0. The minimum absolute atomic E-state index is 0.292. The number of ether oxygens (including phenoxy) is 1. The second-order valence-corrected chi connectivity index (χ2v) is 6.24. The van der Waals surface area contributed by atoms with Crippen molar-refractivity contribution in [2.75, 3.05) is 7.11 Å². The number of carbonyl (C=O) groups is 1. The number of carboxylic acids is 1. The summed E-state index contributed by atoms with van der Waals surface area (Å²) in [6, 6.07) is 3.14. The fraction of sp³-hybridized carbons (Fsp3) is 0.364. The molecule has 0 spiro atoms. The molecule has 0 amide bonds. The Balaban J connectivity index is 2.40. The molecule has 98 valence electrons. The summed E-state index contributed by atoms with van der Waals surface area (Å²) in [4.78, 5) is 11.0. The van der Waals surface area contributed by atoms with Crippen LogP contribution >= 0.6 is 46.4 Å². The van der Waals surface area contributed by atoms with Gasteiger partial charge in [0.1, 0.15) is 4.33 Å². The summed E-state index contributed by atoms with van der Waals surface area (Å²) in [6.45, 7) is 0. The van der Waals surface area contributed by atoms with Gasteiger partial charge in [-0.05, 0) is 17.7 Å². The Kier molecular flexibility index (Phi) is 3.63. The number of rotatable bonds is 3. The molecule has 1 aromatic rings. The van der Waals surface area contributed by atoms with Crippen molar-refractivity contribution in [1.29, 1.82) is 0 Å². The zero-order valence-electron chi connectivity index (χ0n) is 9.08. The van der Waals surface area contributed by atoms with Crippen molar-refractivity contribution in [3.8, 4) is 5.75 Å². The molecule has 1 fully saturated rings. The molecule has 0 saturated heterocycles. The van der Waals surface area contributed by atoms with Crippen LogP contribution < -0.4 is 4.74 Å². The smallest absolute Gasteiger partial charge is 0.310 e. The van der Waals surface area contributed by atoms with Gasteiger partial charge in [-0.25, -0.2) is 0 Å². The summed E-state index contributed by atoms with van der Waals surface area (Å²) >= 11 is 23.9. The Labute approximate surface area is 124 Å². The first-order valence-electron chi connectivity index (χ1n) is 4.94. The van der Waals surface area contributed by atoms with Crippen molar-refractivity contribution in [1.82, 2.24) is 0 Å². The molecule has 3 nitrogen and oxygen atoms in total. The maximum atomic E-state index is 11.0. The molecule has 1 aromatic carbocycles. The number of methoxy groups -OCH3 is 1. The number of hydrogen-bond donors (Lipinski definition) is 1. The molecule has 18 heavy (non-hydrogen) atoms. The van der Waals surface area contributed by atoms with E-state index in [9.17, 15) is 4.79 Å². The summed E-state index contributed by atoms with van der Waals surface area (Å²) in [5.41, 5.74) is 0.586. The van der Waals surface area contributed by atoms with Gasteiger partial charge in [0.2, 0.25) is 0 Å². The predicted molar refractivity (Wildman–Crippen MR) is 71.3 cm³/mol. The van der Waals surface area contributed by atoms with E-state index in [1.54, 1.807) is 12.1 Å². The summed E-state index contributed by atoms with van der Waals surface area (Å²) in [5.74, 6) is -2.10. The van der Waals surface area contributed by atoms with E-state index in [2.05, 4.69) is 0 Å². The first kappa shape index (κ1) is 14.1. The van der Waals surface area contributed by atoms with Gasteiger partial charge in [-0.3, -0.25) is 4.79 Å². The van der Waals surface area contributed by atoms with Crippen LogP contribution in [0.2, 0.25) is 10.0 Å². The summed E-state index contributed by atoms with van der Waals surface area (Å²) in [7, 11) is 1.44. The summed E-state index contributed by atoms with van der Waals surface area (Å²) in [5, 5.41) is 9.58. The van der Waals surface area contributed by atoms with E-state index >= 15 is 0 Å². The molecule has 1 N–H and O–H groups in total. The zero-order chi connectivity index (χ0) is 13.7. The fourth-order valence-electron chi connectivity index (χ4n) is 2.00. The van der Waals surface area contributed by atoms with Gasteiger partial charge < -0.3 is 9.84 Å². The molecular weight excluding hydrogens is 322 g/mol. The van der Waals surface area contributed by atoms with E-state index in [1.165, 1.54) is 7.11 Å². The van der Waals surface area contributed by atoms with Gasteiger partial charge in [-0.2, -0.15) is 0 Å². The number of halogens is 4. The Bertz CT molecular complexity index is 492. The van der Waals surface area contributed by atoms with E-state index in [-0.39, 0.29) is 0 Å². The van der Waals surface area contributed by atoms with Crippen molar-refractivity contribution >= 4 is 52.4 Å². The highest BCUT2D eigenvalue weighted by atomic mass is 35.5. The van der Waals surface area contributed by atoms with E-state index in [1.807, 2.05) is 0 Å². The largest absolute Gasteiger partial charge is 0.494 e. The topological polar surface area (TPSA) is 46.5 Å². The average molecular weight is 330 g/mol. The van der Waals surface area contributed by atoms with E-state index in [0.29, 0.717) is 21.4 Å². The molecule has 0 unspecified atom stereocenters. The number of benzene rings is 1. The van der Waals surface area contributed by atoms with Crippen LogP contribution in [0.1, 0.15) is 11.5 Å². The second-order valence-electron chi connectivity index (χ2n) is 3.99. The molecule has 1 aliphatic carbocycles. The second kappa shape index (κ2) is 4.64. The van der Waals surface area contributed by atoms with E-state index in [4.69, 9.17) is 56.2 Å². The lowest BCUT2D eigenvalue weighted by Crippen LogP contribution is -2.03. The molecule has 1 saturated carbocycles. The quantitative estimate of drug-likeness (QED) is 0.853. The Morgan fingerprint density at radius 2 is 1.83 bits per heavy atom. The molecule has 2 rings (SSSR count). The van der Waals surface area contributed by atoms with Gasteiger partial charge in [-0.15, -0.1) is 0 Å². The monoisotopic (exact) mass is 328 g/mol. The van der Waals surface area contributed by atoms with Crippen LogP contribution in [-0.2, 0) is 4.79 Å². The molecule has 0 aliphatic heterocycles. The van der Waals surface area contributed by atoms with E-state index < -0.39 is 22.1 Å². The first-order valence-corrected chi connectivity index (χ1v) is 6.45. The Morgan fingerprint density at radius 1 is 1.33 bits per heavy atom. The molecule has 0 aromatic heterocycles. The van der Waals surface area contributed by atoms with Crippen LogP contribution in [0.25, 0.3) is 0 Å². The highest BCUT2D eigenvalue weighted by molar-refractivity contribution is 6.53. The Hall–Kier alpha value is -0.350. The van der Waals surface area contributed by atoms with Crippen molar-refractivity contribution in [3.63, 3.8) is 0 Å². The van der Waals surface area contributed by atoms with Crippen LogP contribution in [0.15, 0.2) is 12.1 Å². The van der Waals surface area contributed by atoms with Gasteiger partial charge in [0.25, 0.3) is 0 Å². The predicted octanol–water partition coefficient (Wildman–Crippen LogP) is 3.97. The average Bonchev–Trinajstić information content (AvgIpc) is 2.81. The third-order valence-electron chi connectivity index (χ3n) is 2.90. The van der Waals surface area contributed by atoms with Crippen LogP contribution in [0.5, 0.6) is 5.75 Å². The minimum atomic E-state index is -1.33. The molecule has 0 radical (unpaired) electrons. The molecule has 2 atom stereocenters. The van der Waals surface area contributed by atoms with Crippen LogP contribution in [0.3, 0.4) is 0 Å². The lowest BCUT2D eigenvalue weighted by Gasteiger charge is -2.08. The van der Waals surface area contributed by atoms with Crippen molar-refractivity contribution in [2.45, 2.75) is 10.3 Å². The van der Waals surface area contributed by atoms with Crippen LogP contribution in [0, 0.1) is 5.92 Å². The SMILES string of the molecule is COc1c(Cl)cc([C@H]2[C@H](C(=O)O)C2(Cl)Cl)cc1Cl. The number of hydrogen-bond acceptors (Lipinski definition) is 2. The lowest BCUT2D eigenvalue weighted by molar-refractivity contribution is -0.138. The fourth-order valence-corrected chi connectivity index (χ4v) is 3.48. The lowest BCUT2D eigenvalue weighted by atomic mass is 10.1. The van der Waals surface area contributed by atoms with Crippen molar-refractivity contribution < 1.29 is 14.6 Å². The molecular formula is C11H8Cl4O3. The van der Waals surface area contributed by atoms with Gasteiger partial charge >= 0.3 is 5.97 Å². The third-order valence-corrected chi connectivity index (χ3v) is 4.41. The molecule has 7 heteroatoms. The minimum Gasteiger partial charge on any atom is -0.494 e. The van der Waals surface area contributed by atoms with Crippen LogP contribution in [0.4, 0.5) is 0 Å². The highest BCUT2D eigenvalue weighted by Crippen LogP contribution is 2.65. The number of carboxylic acid groups (broad SMARTS) is 1. The van der Waals surface area contributed by atoms with Gasteiger partial charge in [0, 0.05) is 5.92 Å². The molecule has 0 heterocycles. The maximum absolute atomic E-state index is 11.0. The molecule has 0 bridgehead atoms. The normalized spacial score (nSPS) is 24.7. The van der Waals surface area contributed by atoms with Gasteiger partial charge in [-0.1, -0.05) is 46.4 Å². The van der Waals surface area contributed by atoms with Gasteiger partial charge in [0.05, 0.1) is 23.1 Å². The highest BCUT2D eigenvalue weighted by Gasteiger charge is 2.68. The van der Waals surface area contributed by atoms with Crippen molar-refractivity contribution in [3.05, 3.63) is 27.7 Å². The zero-order valence-corrected chi connectivity index (χ0v) is 12.1. The standard InChI is InChI=1S/C11H8Cl4O3/c1-18-9-5(12)2-4(3-6(9)13)7-8(10(16)17)11(7,14)15/h2-3,7-8H,1H3,(H,16,17)/t7-,8+/m0/s1. The molecule has 1 aliphatic rings.